The second-order valence-corrected chi connectivity index (χ2v) is 3.94. The van der Waals surface area contributed by atoms with Crippen molar-refractivity contribution in [2.45, 2.75) is 37.3 Å². The molecule has 0 aromatic rings. The van der Waals surface area contributed by atoms with E-state index >= 15 is 0 Å². The van der Waals surface area contributed by atoms with E-state index in [0.717, 1.165) is 39.0 Å². The van der Waals surface area contributed by atoms with Gasteiger partial charge < -0.3 is 15.8 Å². The summed E-state index contributed by atoms with van der Waals surface area (Å²) < 4.78 is 5.83. The molecule has 2 fully saturated rings. The largest absolute Gasteiger partial charge is 0.372 e. The van der Waals surface area contributed by atoms with E-state index in [1.165, 1.54) is 6.42 Å². The normalized spacial score (nSPS) is 43.2. The average molecular weight is 170 g/mol. The lowest BCUT2D eigenvalue weighted by Crippen LogP contribution is -2.60. The second-order valence-electron chi connectivity index (χ2n) is 3.94. The maximum atomic E-state index is 6.08. The van der Waals surface area contributed by atoms with Crippen molar-refractivity contribution in [2.75, 3.05) is 19.7 Å². The summed E-state index contributed by atoms with van der Waals surface area (Å²) in [6.07, 6.45) is 4.60. The Labute approximate surface area is 73.7 Å². The van der Waals surface area contributed by atoms with Gasteiger partial charge in [0.2, 0.25) is 0 Å². The molecule has 0 radical (unpaired) electrons. The molecule has 2 saturated heterocycles. The van der Waals surface area contributed by atoms with E-state index in [9.17, 15) is 0 Å². The van der Waals surface area contributed by atoms with Crippen LogP contribution >= 0.6 is 0 Å². The molecule has 2 aliphatic rings. The first-order valence-electron chi connectivity index (χ1n) is 4.94. The zero-order valence-electron chi connectivity index (χ0n) is 7.51. The van der Waals surface area contributed by atoms with Gasteiger partial charge in [0.05, 0.1) is 5.60 Å². The van der Waals surface area contributed by atoms with E-state index in [4.69, 9.17) is 10.5 Å². The van der Waals surface area contributed by atoms with Gasteiger partial charge in [0.1, 0.15) is 0 Å². The Kier molecular flexibility index (Phi) is 2.35. The SMILES string of the molecule is N[C@@H]1CCCO[C@]12CCCNC2. The molecule has 3 N–H and O–H groups in total. The van der Waals surface area contributed by atoms with Crippen LogP contribution in [0.4, 0.5) is 0 Å². The fraction of sp³-hybridized carbons (Fsp3) is 1.00. The van der Waals surface area contributed by atoms with Crippen LogP contribution in [0.25, 0.3) is 0 Å². The molecule has 70 valence electrons. The Morgan fingerprint density at radius 1 is 1.42 bits per heavy atom. The van der Waals surface area contributed by atoms with Gasteiger partial charge in [0.15, 0.2) is 0 Å². The third kappa shape index (κ3) is 1.37. The maximum Gasteiger partial charge on any atom is 0.0956 e. The van der Waals surface area contributed by atoms with Crippen LogP contribution in [0.2, 0.25) is 0 Å². The molecule has 0 aromatic heterocycles. The standard InChI is InChI=1S/C9H18N2O/c10-8-3-1-6-12-9(8)4-2-5-11-7-9/h8,11H,1-7,10H2/t8-,9+/m1/s1. The van der Waals surface area contributed by atoms with Crippen molar-refractivity contribution in [3.63, 3.8) is 0 Å². The van der Waals surface area contributed by atoms with Crippen molar-refractivity contribution in [1.82, 2.24) is 5.32 Å². The number of piperidine rings is 1. The number of nitrogens with one attached hydrogen (secondary N) is 1. The minimum absolute atomic E-state index is 0.0174. The first-order chi connectivity index (χ1) is 5.83. The van der Waals surface area contributed by atoms with Gasteiger partial charge >= 0.3 is 0 Å². The van der Waals surface area contributed by atoms with Gasteiger partial charge in [-0.25, -0.2) is 0 Å². The molecule has 0 bridgehead atoms. The quantitative estimate of drug-likeness (QED) is 0.547. The van der Waals surface area contributed by atoms with E-state index in [2.05, 4.69) is 5.32 Å². The molecule has 2 aliphatic heterocycles. The highest BCUT2D eigenvalue weighted by Crippen LogP contribution is 2.29. The summed E-state index contributed by atoms with van der Waals surface area (Å²) in [4.78, 5) is 0. The van der Waals surface area contributed by atoms with Crippen LogP contribution in [0.1, 0.15) is 25.7 Å². The zero-order chi connectivity index (χ0) is 8.44. The minimum Gasteiger partial charge on any atom is -0.372 e. The highest BCUT2D eigenvalue weighted by molar-refractivity contribution is 4.97. The third-order valence-corrected chi connectivity index (χ3v) is 3.10. The van der Waals surface area contributed by atoms with Gasteiger partial charge in [-0.2, -0.15) is 0 Å². The van der Waals surface area contributed by atoms with Gasteiger partial charge in [0, 0.05) is 19.2 Å². The monoisotopic (exact) mass is 170 g/mol. The van der Waals surface area contributed by atoms with Crippen LogP contribution < -0.4 is 11.1 Å². The van der Waals surface area contributed by atoms with E-state index in [0.29, 0.717) is 0 Å². The molecule has 0 unspecified atom stereocenters. The van der Waals surface area contributed by atoms with E-state index in [1.807, 2.05) is 0 Å². The van der Waals surface area contributed by atoms with Gasteiger partial charge in [-0.05, 0) is 32.2 Å². The van der Waals surface area contributed by atoms with Crippen molar-refractivity contribution >= 4 is 0 Å². The molecule has 0 aromatic carbocycles. The lowest BCUT2D eigenvalue weighted by molar-refractivity contribution is -0.103. The van der Waals surface area contributed by atoms with Crippen LogP contribution in [0.3, 0.4) is 0 Å². The fourth-order valence-corrected chi connectivity index (χ4v) is 2.29. The predicted molar refractivity (Wildman–Crippen MR) is 48.0 cm³/mol. The summed E-state index contributed by atoms with van der Waals surface area (Å²) in [5, 5.41) is 3.37. The number of rotatable bonds is 0. The first kappa shape index (κ1) is 8.48. The lowest BCUT2D eigenvalue weighted by Gasteiger charge is -2.44. The summed E-state index contributed by atoms with van der Waals surface area (Å²) in [6, 6.07) is 0.249. The molecule has 2 heterocycles. The van der Waals surface area contributed by atoms with Gasteiger partial charge in [-0.15, -0.1) is 0 Å². The highest BCUT2D eigenvalue weighted by atomic mass is 16.5. The van der Waals surface area contributed by atoms with Crippen LogP contribution in [0.15, 0.2) is 0 Å². The molecule has 0 amide bonds. The Balaban J connectivity index is 2.04. The third-order valence-electron chi connectivity index (χ3n) is 3.10. The summed E-state index contributed by atoms with van der Waals surface area (Å²) in [6.45, 7) is 2.97. The number of hydrogen-bond donors (Lipinski definition) is 2. The van der Waals surface area contributed by atoms with Crippen molar-refractivity contribution in [3.8, 4) is 0 Å². The second kappa shape index (κ2) is 3.32. The number of hydrogen-bond acceptors (Lipinski definition) is 3. The molecule has 2 atom stereocenters. The Morgan fingerprint density at radius 2 is 2.33 bits per heavy atom. The predicted octanol–water partition coefficient (Wildman–Crippen LogP) is 0.246. The summed E-state index contributed by atoms with van der Waals surface area (Å²) in [5.41, 5.74) is 6.06. The number of nitrogens with two attached hydrogens (primary N) is 1. The Morgan fingerprint density at radius 3 is 3.00 bits per heavy atom. The molecule has 3 heteroatoms. The summed E-state index contributed by atoms with van der Waals surface area (Å²) >= 11 is 0. The molecule has 12 heavy (non-hydrogen) atoms. The van der Waals surface area contributed by atoms with E-state index in [1.54, 1.807) is 0 Å². The van der Waals surface area contributed by atoms with Crippen LogP contribution in [0.5, 0.6) is 0 Å². The van der Waals surface area contributed by atoms with Crippen molar-refractivity contribution in [1.29, 1.82) is 0 Å². The van der Waals surface area contributed by atoms with E-state index < -0.39 is 0 Å². The topological polar surface area (TPSA) is 47.3 Å². The molecule has 0 saturated carbocycles. The number of ether oxygens (including phenoxy) is 1. The van der Waals surface area contributed by atoms with Crippen molar-refractivity contribution < 1.29 is 4.74 Å². The summed E-state index contributed by atoms with van der Waals surface area (Å²) in [5.74, 6) is 0. The van der Waals surface area contributed by atoms with Gasteiger partial charge in [-0.1, -0.05) is 0 Å². The molecule has 0 aliphatic carbocycles. The maximum absolute atomic E-state index is 6.08. The zero-order valence-corrected chi connectivity index (χ0v) is 7.51. The minimum atomic E-state index is -0.0174. The van der Waals surface area contributed by atoms with Gasteiger partial charge in [0.25, 0.3) is 0 Å². The Bertz CT molecular complexity index is 146. The molecule has 3 nitrogen and oxygen atoms in total. The average Bonchev–Trinajstić information content (AvgIpc) is 2.12. The lowest BCUT2D eigenvalue weighted by atomic mass is 9.83. The molecular formula is C9H18N2O. The summed E-state index contributed by atoms with van der Waals surface area (Å²) in [7, 11) is 0. The Hall–Kier alpha value is -0.120. The van der Waals surface area contributed by atoms with Crippen LogP contribution in [-0.2, 0) is 4.74 Å². The van der Waals surface area contributed by atoms with Crippen molar-refractivity contribution in [2.24, 2.45) is 5.73 Å². The van der Waals surface area contributed by atoms with Crippen LogP contribution in [0, 0.1) is 0 Å². The highest BCUT2D eigenvalue weighted by Gasteiger charge is 2.40. The van der Waals surface area contributed by atoms with E-state index in [-0.39, 0.29) is 11.6 Å². The molecule has 1 spiro atoms. The molecular weight excluding hydrogens is 152 g/mol. The van der Waals surface area contributed by atoms with Crippen molar-refractivity contribution in [3.05, 3.63) is 0 Å². The molecule has 2 rings (SSSR count). The smallest absolute Gasteiger partial charge is 0.0956 e. The fourth-order valence-electron chi connectivity index (χ4n) is 2.29. The first-order valence-corrected chi connectivity index (χ1v) is 4.94. The van der Waals surface area contributed by atoms with Gasteiger partial charge in [-0.3, -0.25) is 0 Å². The van der Waals surface area contributed by atoms with Crippen LogP contribution in [-0.4, -0.2) is 31.3 Å².